The van der Waals surface area contributed by atoms with Crippen LogP contribution in [0.1, 0.15) is 17.5 Å². The molecule has 8 heteroatoms. The molecule has 0 spiro atoms. The predicted octanol–water partition coefficient (Wildman–Crippen LogP) is 0.288. The Labute approximate surface area is 143 Å². The average Bonchev–Trinajstić information content (AvgIpc) is 2.62. The number of morpholine rings is 1. The van der Waals surface area contributed by atoms with Gasteiger partial charge in [-0.3, -0.25) is 4.99 Å². The molecule has 7 nitrogen and oxygen atoms in total. The standard InChI is InChI=1S/C16H24N4O3S/c21-24(22,20-8-10-23-11-9-20)13-15-5-2-1-4-14(15)12-19-16-17-6-3-7-18-16/h1-2,4-5H,3,6-13H2,(H2,17,18,19). The SMILES string of the molecule is O=S(=O)(Cc1ccccc1CNC1=NCCCN1)N1CCOCC1. The van der Waals surface area contributed by atoms with Crippen molar-refractivity contribution in [3.63, 3.8) is 0 Å². The normalized spacial score (nSPS) is 19.4. The number of benzene rings is 1. The summed E-state index contributed by atoms with van der Waals surface area (Å²) in [6, 6.07) is 7.65. The van der Waals surface area contributed by atoms with Gasteiger partial charge in [-0.2, -0.15) is 4.31 Å². The van der Waals surface area contributed by atoms with Crippen molar-refractivity contribution in [2.24, 2.45) is 4.99 Å². The summed E-state index contributed by atoms with van der Waals surface area (Å²) in [5.41, 5.74) is 1.80. The van der Waals surface area contributed by atoms with Gasteiger partial charge in [0.15, 0.2) is 5.96 Å². The molecule has 2 N–H and O–H groups in total. The molecule has 0 amide bonds. The van der Waals surface area contributed by atoms with Crippen molar-refractivity contribution in [3.8, 4) is 0 Å². The molecule has 1 saturated heterocycles. The summed E-state index contributed by atoms with van der Waals surface area (Å²) in [7, 11) is -3.32. The Morgan fingerprint density at radius 2 is 1.96 bits per heavy atom. The molecule has 24 heavy (non-hydrogen) atoms. The Morgan fingerprint density at radius 3 is 2.67 bits per heavy atom. The van der Waals surface area contributed by atoms with Crippen LogP contribution in [0.15, 0.2) is 29.3 Å². The monoisotopic (exact) mass is 352 g/mol. The van der Waals surface area contributed by atoms with E-state index >= 15 is 0 Å². The molecule has 0 aliphatic carbocycles. The Morgan fingerprint density at radius 1 is 1.21 bits per heavy atom. The van der Waals surface area contributed by atoms with Gasteiger partial charge in [-0.15, -0.1) is 0 Å². The third-order valence-electron chi connectivity index (χ3n) is 4.16. The van der Waals surface area contributed by atoms with E-state index in [1.165, 1.54) is 4.31 Å². The van der Waals surface area contributed by atoms with Gasteiger partial charge < -0.3 is 15.4 Å². The van der Waals surface area contributed by atoms with E-state index in [1.54, 1.807) is 0 Å². The molecule has 0 bridgehead atoms. The number of sulfonamides is 1. The van der Waals surface area contributed by atoms with Crippen LogP contribution >= 0.6 is 0 Å². The molecule has 1 aromatic carbocycles. The zero-order chi connectivity index (χ0) is 16.8. The minimum atomic E-state index is -3.32. The van der Waals surface area contributed by atoms with Gasteiger partial charge in [-0.1, -0.05) is 24.3 Å². The largest absolute Gasteiger partial charge is 0.379 e. The number of guanidine groups is 1. The van der Waals surface area contributed by atoms with E-state index in [-0.39, 0.29) is 5.75 Å². The second-order valence-corrected chi connectivity index (χ2v) is 7.87. The molecule has 0 radical (unpaired) electrons. The number of nitrogens with zero attached hydrogens (tertiary/aromatic N) is 2. The highest BCUT2D eigenvalue weighted by Crippen LogP contribution is 2.16. The molecule has 2 aliphatic heterocycles. The van der Waals surface area contributed by atoms with Crippen molar-refractivity contribution in [1.82, 2.24) is 14.9 Å². The van der Waals surface area contributed by atoms with E-state index in [4.69, 9.17) is 4.74 Å². The first-order valence-electron chi connectivity index (χ1n) is 8.30. The van der Waals surface area contributed by atoms with E-state index in [0.29, 0.717) is 32.8 Å². The third-order valence-corrected chi connectivity index (χ3v) is 5.99. The van der Waals surface area contributed by atoms with Crippen LogP contribution in [0.5, 0.6) is 0 Å². The van der Waals surface area contributed by atoms with E-state index in [2.05, 4.69) is 15.6 Å². The molecule has 0 aromatic heterocycles. The van der Waals surface area contributed by atoms with Crippen molar-refractivity contribution in [2.75, 3.05) is 39.4 Å². The molecule has 0 saturated carbocycles. The second kappa shape index (κ2) is 7.96. The van der Waals surface area contributed by atoms with Crippen LogP contribution < -0.4 is 10.6 Å². The molecule has 2 heterocycles. The molecular formula is C16H24N4O3S. The summed E-state index contributed by atoms with van der Waals surface area (Å²) in [5.74, 6) is 0.803. The lowest BCUT2D eigenvalue weighted by atomic mass is 10.1. The van der Waals surface area contributed by atoms with E-state index in [1.807, 2.05) is 24.3 Å². The summed E-state index contributed by atoms with van der Waals surface area (Å²) < 4.78 is 32.0. The Kier molecular flexibility index (Phi) is 5.70. The number of hydrogen-bond acceptors (Lipinski definition) is 6. The molecule has 0 unspecified atom stereocenters. The Bertz CT molecular complexity index is 684. The maximum atomic E-state index is 12.6. The lowest BCUT2D eigenvalue weighted by molar-refractivity contribution is 0.0729. The minimum absolute atomic E-state index is 0.0186. The van der Waals surface area contributed by atoms with Gasteiger partial charge in [0, 0.05) is 32.7 Å². The van der Waals surface area contributed by atoms with Crippen LogP contribution in [0.25, 0.3) is 0 Å². The first-order chi connectivity index (χ1) is 11.6. The fourth-order valence-corrected chi connectivity index (χ4v) is 4.38. The van der Waals surface area contributed by atoms with Crippen molar-refractivity contribution in [1.29, 1.82) is 0 Å². The van der Waals surface area contributed by atoms with Crippen molar-refractivity contribution >= 4 is 16.0 Å². The van der Waals surface area contributed by atoms with Gasteiger partial charge >= 0.3 is 0 Å². The van der Waals surface area contributed by atoms with Gasteiger partial charge in [0.1, 0.15) is 0 Å². The van der Waals surface area contributed by atoms with Crippen molar-refractivity contribution in [3.05, 3.63) is 35.4 Å². The van der Waals surface area contributed by atoms with Crippen LogP contribution in [-0.2, 0) is 27.1 Å². The maximum Gasteiger partial charge on any atom is 0.218 e. The van der Waals surface area contributed by atoms with Crippen LogP contribution in [0, 0.1) is 0 Å². The van der Waals surface area contributed by atoms with E-state index in [9.17, 15) is 8.42 Å². The average molecular weight is 352 g/mol. The molecule has 1 aromatic rings. The van der Waals surface area contributed by atoms with Crippen LogP contribution in [0.2, 0.25) is 0 Å². The Hall–Kier alpha value is -1.64. The zero-order valence-electron chi connectivity index (χ0n) is 13.7. The van der Waals surface area contributed by atoms with Gasteiger partial charge in [0.25, 0.3) is 0 Å². The molecule has 132 valence electrons. The number of aliphatic imine (C=N–C) groups is 1. The highest BCUT2D eigenvalue weighted by molar-refractivity contribution is 7.88. The summed E-state index contributed by atoms with van der Waals surface area (Å²) in [6.07, 6.45) is 1.04. The van der Waals surface area contributed by atoms with E-state index < -0.39 is 10.0 Å². The van der Waals surface area contributed by atoms with Crippen LogP contribution in [0.3, 0.4) is 0 Å². The number of rotatable bonds is 5. The number of hydrogen-bond donors (Lipinski definition) is 2. The summed E-state index contributed by atoms with van der Waals surface area (Å²) in [4.78, 5) is 4.38. The molecule has 2 aliphatic rings. The van der Waals surface area contributed by atoms with Crippen molar-refractivity contribution < 1.29 is 13.2 Å². The maximum absolute atomic E-state index is 12.6. The smallest absolute Gasteiger partial charge is 0.218 e. The highest BCUT2D eigenvalue weighted by atomic mass is 32.2. The second-order valence-electron chi connectivity index (χ2n) is 5.90. The van der Waals surface area contributed by atoms with Gasteiger partial charge in [-0.05, 0) is 17.5 Å². The van der Waals surface area contributed by atoms with Gasteiger partial charge in [0.05, 0.1) is 19.0 Å². The first kappa shape index (κ1) is 17.2. The molecular weight excluding hydrogens is 328 g/mol. The van der Waals surface area contributed by atoms with Crippen LogP contribution in [0.4, 0.5) is 0 Å². The summed E-state index contributed by atoms with van der Waals surface area (Å²) in [6.45, 7) is 4.09. The fourth-order valence-electron chi connectivity index (χ4n) is 2.81. The Balaban J connectivity index is 1.68. The lowest BCUT2D eigenvalue weighted by Crippen LogP contribution is -2.41. The summed E-state index contributed by atoms with van der Waals surface area (Å²) in [5, 5.41) is 6.46. The summed E-state index contributed by atoms with van der Waals surface area (Å²) >= 11 is 0. The van der Waals surface area contributed by atoms with E-state index in [0.717, 1.165) is 36.6 Å². The van der Waals surface area contributed by atoms with Crippen LogP contribution in [-0.4, -0.2) is 58.1 Å². The fraction of sp³-hybridized carbons (Fsp3) is 0.562. The quantitative estimate of drug-likeness (QED) is 0.796. The zero-order valence-corrected chi connectivity index (χ0v) is 14.5. The van der Waals surface area contributed by atoms with Gasteiger partial charge in [0.2, 0.25) is 10.0 Å². The molecule has 3 rings (SSSR count). The lowest BCUT2D eigenvalue weighted by Gasteiger charge is -2.26. The topological polar surface area (TPSA) is 83.0 Å². The first-order valence-corrected chi connectivity index (χ1v) is 9.90. The highest BCUT2D eigenvalue weighted by Gasteiger charge is 2.25. The predicted molar refractivity (Wildman–Crippen MR) is 93.2 cm³/mol. The van der Waals surface area contributed by atoms with Gasteiger partial charge in [-0.25, -0.2) is 8.42 Å². The number of nitrogens with one attached hydrogen (secondary N) is 2. The van der Waals surface area contributed by atoms with Crippen molar-refractivity contribution in [2.45, 2.75) is 18.7 Å². The molecule has 0 atom stereocenters. The molecule has 1 fully saturated rings. The third kappa shape index (κ3) is 4.46. The number of ether oxygens (including phenoxy) is 1. The minimum Gasteiger partial charge on any atom is -0.379 e.